The van der Waals surface area contributed by atoms with Crippen molar-refractivity contribution in [2.45, 2.75) is 31.2 Å². The molecule has 0 spiro atoms. The SMILES string of the molecule is CC(=O)[C@H]1C(=O)N2C(C(=O)O)=C([C@H]3CCCO3)S[C@H]12. The average molecular weight is 283 g/mol. The van der Waals surface area contributed by atoms with Gasteiger partial charge in [0.05, 0.1) is 6.10 Å². The normalized spacial score (nSPS) is 33.4. The van der Waals surface area contributed by atoms with Gasteiger partial charge in [-0.05, 0) is 19.8 Å². The number of nitrogens with zero attached hydrogens (tertiary/aromatic N) is 1. The highest BCUT2D eigenvalue weighted by Gasteiger charge is 2.58. The maximum Gasteiger partial charge on any atom is 0.353 e. The molecule has 0 saturated carbocycles. The fraction of sp³-hybridized carbons (Fsp3) is 0.583. The quantitative estimate of drug-likeness (QED) is 0.602. The molecule has 19 heavy (non-hydrogen) atoms. The highest BCUT2D eigenvalue weighted by atomic mass is 32.2. The number of amides is 1. The van der Waals surface area contributed by atoms with E-state index < -0.39 is 23.2 Å². The van der Waals surface area contributed by atoms with E-state index in [0.29, 0.717) is 11.5 Å². The van der Waals surface area contributed by atoms with Crippen molar-refractivity contribution in [2.75, 3.05) is 6.61 Å². The first-order chi connectivity index (χ1) is 9.02. The number of carboxylic acids is 1. The van der Waals surface area contributed by atoms with Gasteiger partial charge < -0.3 is 9.84 Å². The van der Waals surface area contributed by atoms with Crippen LogP contribution in [-0.2, 0) is 19.1 Å². The summed E-state index contributed by atoms with van der Waals surface area (Å²) in [5.74, 6) is -2.46. The lowest BCUT2D eigenvalue weighted by Gasteiger charge is -2.40. The number of Topliss-reactive ketones (excluding diaryl/α,β-unsaturated/α-hetero) is 1. The molecule has 0 aromatic rings. The van der Waals surface area contributed by atoms with Gasteiger partial charge in [0.25, 0.3) is 0 Å². The fourth-order valence-electron chi connectivity index (χ4n) is 2.72. The summed E-state index contributed by atoms with van der Waals surface area (Å²) in [7, 11) is 0. The Hall–Kier alpha value is -1.34. The molecule has 3 atom stereocenters. The van der Waals surface area contributed by atoms with Crippen LogP contribution in [0.1, 0.15) is 19.8 Å². The van der Waals surface area contributed by atoms with E-state index in [-0.39, 0.29) is 17.6 Å². The topological polar surface area (TPSA) is 83.9 Å². The molecule has 7 heteroatoms. The molecule has 102 valence electrons. The summed E-state index contributed by atoms with van der Waals surface area (Å²) in [6, 6.07) is 0. The van der Waals surface area contributed by atoms with Crippen LogP contribution in [0.15, 0.2) is 10.6 Å². The van der Waals surface area contributed by atoms with Crippen LogP contribution in [0.25, 0.3) is 0 Å². The molecule has 0 aliphatic carbocycles. The number of β-lactam (4-membered cyclic amide) rings is 1. The Labute approximate surface area is 113 Å². The van der Waals surface area contributed by atoms with Gasteiger partial charge in [0.15, 0.2) is 0 Å². The number of aliphatic carboxylic acids is 1. The third-order valence-electron chi connectivity index (χ3n) is 3.63. The predicted octanol–water partition coefficient (Wildman–Crippen LogP) is 0.582. The van der Waals surface area contributed by atoms with E-state index in [1.165, 1.54) is 23.6 Å². The Morgan fingerprint density at radius 3 is 2.74 bits per heavy atom. The third-order valence-corrected chi connectivity index (χ3v) is 5.06. The number of hydrogen-bond donors (Lipinski definition) is 1. The molecule has 0 aromatic carbocycles. The summed E-state index contributed by atoms with van der Waals surface area (Å²) in [6.07, 6.45) is 1.40. The number of carbonyl (C=O) groups excluding carboxylic acids is 2. The first-order valence-electron chi connectivity index (χ1n) is 6.11. The first-order valence-corrected chi connectivity index (χ1v) is 6.99. The largest absolute Gasteiger partial charge is 0.477 e. The van der Waals surface area contributed by atoms with Gasteiger partial charge in [0.1, 0.15) is 22.8 Å². The number of hydrogen-bond acceptors (Lipinski definition) is 5. The van der Waals surface area contributed by atoms with Crippen molar-refractivity contribution in [1.29, 1.82) is 0 Å². The number of carbonyl (C=O) groups is 3. The Bertz CT molecular complexity index is 508. The minimum absolute atomic E-state index is 0.00407. The van der Waals surface area contributed by atoms with E-state index in [2.05, 4.69) is 0 Å². The highest BCUT2D eigenvalue weighted by molar-refractivity contribution is 8.04. The Morgan fingerprint density at radius 1 is 1.47 bits per heavy atom. The van der Waals surface area contributed by atoms with Crippen LogP contribution in [0.2, 0.25) is 0 Å². The molecule has 0 bridgehead atoms. The number of carboxylic acid groups (broad SMARTS) is 1. The average Bonchev–Trinajstić information content (AvgIpc) is 2.92. The Kier molecular flexibility index (Phi) is 2.90. The molecule has 3 aliphatic heterocycles. The van der Waals surface area contributed by atoms with Crippen LogP contribution in [0.3, 0.4) is 0 Å². The zero-order chi connectivity index (χ0) is 13.7. The van der Waals surface area contributed by atoms with Gasteiger partial charge in [0, 0.05) is 11.5 Å². The Morgan fingerprint density at radius 2 is 2.21 bits per heavy atom. The van der Waals surface area contributed by atoms with Gasteiger partial charge in [0.2, 0.25) is 5.91 Å². The van der Waals surface area contributed by atoms with Crippen molar-refractivity contribution in [2.24, 2.45) is 5.92 Å². The molecule has 0 radical (unpaired) electrons. The van der Waals surface area contributed by atoms with Crippen LogP contribution in [0.5, 0.6) is 0 Å². The molecule has 1 amide bonds. The van der Waals surface area contributed by atoms with Crippen LogP contribution < -0.4 is 0 Å². The number of fused-ring (bicyclic) bond motifs is 1. The first kappa shape index (κ1) is 12.7. The van der Waals surface area contributed by atoms with Gasteiger partial charge in [-0.1, -0.05) is 11.8 Å². The summed E-state index contributed by atoms with van der Waals surface area (Å²) in [4.78, 5) is 36.5. The second-order valence-electron chi connectivity index (χ2n) is 4.82. The van der Waals surface area contributed by atoms with E-state index in [4.69, 9.17) is 4.74 Å². The molecular weight excluding hydrogens is 270 g/mol. The zero-order valence-corrected chi connectivity index (χ0v) is 11.1. The second-order valence-corrected chi connectivity index (χ2v) is 5.98. The van der Waals surface area contributed by atoms with E-state index in [9.17, 15) is 19.5 Å². The van der Waals surface area contributed by atoms with Gasteiger partial charge in [-0.2, -0.15) is 0 Å². The minimum atomic E-state index is -1.13. The summed E-state index contributed by atoms with van der Waals surface area (Å²) >= 11 is 1.29. The number of rotatable bonds is 3. The minimum Gasteiger partial charge on any atom is -0.477 e. The molecule has 0 unspecified atom stereocenters. The Balaban J connectivity index is 1.93. The van der Waals surface area contributed by atoms with E-state index in [0.717, 1.165) is 12.8 Å². The second kappa shape index (κ2) is 4.35. The fourth-order valence-corrected chi connectivity index (χ4v) is 4.38. The van der Waals surface area contributed by atoms with E-state index in [1.54, 1.807) is 0 Å². The molecule has 1 N–H and O–H groups in total. The molecular formula is C12H13NO5S. The zero-order valence-electron chi connectivity index (χ0n) is 10.3. The van der Waals surface area contributed by atoms with E-state index in [1.807, 2.05) is 0 Å². The standard InChI is InChI=1S/C12H13NO5S/c1-5(14)7-10(15)13-8(12(16)17)9(19-11(7)13)6-3-2-4-18-6/h6-7,11H,2-4H2,1H3,(H,16,17)/t6-,7+,11-/m1/s1. The van der Waals surface area contributed by atoms with Gasteiger partial charge >= 0.3 is 5.97 Å². The van der Waals surface area contributed by atoms with Gasteiger partial charge in [-0.25, -0.2) is 4.79 Å². The lowest BCUT2D eigenvalue weighted by atomic mass is 9.93. The van der Waals surface area contributed by atoms with Crippen molar-refractivity contribution in [3.8, 4) is 0 Å². The molecule has 2 fully saturated rings. The molecule has 0 aromatic heterocycles. The van der Waals surface area contributed by atoms with Crippen LogP contribution in [0, 0.1) is 5.92 Å². The molecule has 6 nitrogen and oxygen atoms in total. The number of ketones is 1. The number of ether oxygens (including phenoxy) is 1. The summed E-state index contributed by atoms with van der Waals surface area (Å²) in [6.45, 7) is 1.97. The summed E-state index contributed by atoms with van der Waals surface area (Å²) in [5.41, 5.74) is 0.00407. The summed E-state index contributed by atoms with van der Waals surface area (Å²) < 4.78 is 5.51. The van der Waals surface area contributed by atoms with Gasteiger partial charge in [-0.3, -0.25) is 14.5 Å². The van der Waals surface area contributed by atoms with Crippen molar-refractivity contribution >= 4 is 29.4 Å². The van der Waals surface area contributed by atoms with Crippen LogP contribution >= 0.6 is 11.8 Å². The molecule has 3 rings (SSSR count). The highest BCUT2D eigenvalue weighted by Crippen LogP contribution is 2.51. The monoisotopic (exact) mass is 283 g/mol. The maximum atomic E-state index is 11.9. The van der Waals surface area contributed by atoms with Crippen LogP contribution in [-0.4, -0.2) is 45.8 Å². The smallest absolute Gasteiger partial charge is 0.353 e. The van der Waals surface area contributed by atoms with Crippen LogP contribution in [0.4, 0.5) is 0 Å². The van der Waals surface area contributed by atoms with E-state index >= 15 is 0 Å². The molecule has 3 aliphatic rings. The molecule has 2 saturated heterocycles. The number of thioether (sulfide) groups is 1. The third kappa shape index (κ3) is 1.72. The van der Waals surface area contributed by atoms with Crippen molar-refractivity contribution in [3.63, 3.8) is 0 Å². The van der Waals surface area contributed by atoms with Crippen molar-refractivity contribution in [1.82, 2.24) is 4.90 Å². The lowest BCUT2D eigenvalue weighted by Crippen LogP contribution is -2.59. The van der Waals surface area contributed by atoms with Crippen molar-refractivity contribution in [3.05, 3.63) is 10.6 Å². The maximum absolute atomic E-state index is 11.9. The van der Waals surface area contributed by atoms with Gasteiger partial charge in [-0.15, -0.1) is 0 Å². The predicted molar refractivity (Wildman–Crippen MR) is 66.0 cm³/mol. The molecule has 3 heterocycles. The summed E-state index contributed by atoms with van der Waals surface area (Å²) in [5, 5.41) is 8.91. The van der Waals surface area contributed by atoms with Crippen molar-refractivity contribution < 1.29 is 24.2 Å². The lowest BCUT2D eigenvalue weighted by molar-refractivity contribution is -0.155.